The van der Waals surface area contributed by atoms with E-state index in [2.05, 4.69) is 53.2 Å². The summed E-state index contributed by atoms with van der Waals surface area (Å²) in [6, 6.07) is 0.401. The number of likely N-dealkylation sites (tertiary alicyclic amines) is 1. The number of carbonyl (C=O) groups is 15. The molecule has 2 fully saturated rings. The van der Waals surface area contributed by atoms with Crippen LogP contribution in [0.25, 0.3) is 0 Å². The summed E-state index contributed by atoms with van der Waals surface area (Å²) in [7, 11) is 0. The molecule has 530 valence electrons. The van der Waals surface area contributed by atoms with E-state index in [9.17, 15) is 90.5 Å². The van der Waals surface area contributed by atoms with Crippen LogP contribution in [-0.4, -0.2) is 207 Å². The van der Waals surface area contributed by atoms with Crippen molar-refractivity contribution in [3.05, 3.63) is 65.7 Å². The highest BCUT2D eigenvalue weighted by molar-refractivity contribution is 7.98. The van der Waals surface area contributed by atoms with Crippen molar-refractivity contribution in [3.8, 4) is 5.75 Å². The molecule has 0 radical (unpaired) electrons. The summed E-state index contributed by atoms with van der Waals surface area (Å²) in [6.07, 6.45) is -4.10. The summed E-state index contributed by atoms with van der Waals surface area (Å²) < 4.78 is 31.7. The zero-order chi connectivity index (χ0) is 72.0. The Kier molecular flexibility index (Phi) is 33.5. The monoisotopic (exact) mass is 1380 g/mol. The number of aliphatic carboxylic acids is 2. The van der Waals surface area contributed by atoms with Gasteiger partial charge in [0.2, 0.25) is 76.8 Å². The molecule has 4 rings (SSSR count). The zero-order valence-corrected chi connectivity index (χ0v) is 54.1. The second-order valence-electron chi connectivity index (χ2n) is 23.0. The van der Waals surface area contributed by atoms with Crippen LogP contribution in [0.5, 0.6) is 5.75 Å². The molecule has 0 aliphatic carbocycles. The molecule has 2 aromatic carbocycles. The third-order valence-electron chi connectivity index (χ3n) is 14.7. The highest BCUT2D eigenvalue weighted by Gasteiger charge is 2.42. The lowest BCUT2D eigenvalue weighted by molar-refractivity contribution is -0.192. The molecule has 0 saturated carbocycles. The van der Waals surface area contributed by atoms with Gasteiger partial charge < -0.3 is 90.6 Å². The van der Waals surface area contributed by atoms with Gasteiger partial charge in [-0.05, 0) is 106 Å². The van der Waals surface area contributed by atoms with Gasteiger partial charge in [-0.1, -0.05) is 56.3 Å². The van der Waals surface area contributed by atoms with Crippen molar-refractivity contribution in [2.45, 2.75) is 171 Å². The molecule has 10 atom stereocenters. The number of nitrogens with one attached hydrogen (secondary N) is 10. The van der Waals surface area contributed by atoms with Gasteiger partial charge in [0.25, 0.3) is 0 Å². The number of carboxylic acids is 2. The Morgan fingerprint density at radius 1 is 0.646 bits per heavy atom. The summed E-state index contributed by atoms with van der Waals surface area (Å²) >= 11 is 1.44. The first-order valence-corrected chi connectivity index (χ1v) is 31.9. The number of hydrogen-bond acceptors (Lipinski definition) is 18. The van der Waals surface area contributed by atoms with Crippen LogP contribution in [0.1, 0.15) is 103 Å². The fraction of sp³-hybridized carbons (Fsp3) is 0.550. The molecule has 2 aliphatic heterocycles. The van der Waals surface area contributed by atoms with Gasteiger partial charge in [-0.2, -0.15) is 24.9 Å². The number of phenols is 1. The third-order valence-corrected chi connectivity index (χ3v) is 15.4. The van der Waals surface area contributed by atoms with Crippen molar-refractivity contribution < 1.29 is 100 Å². The van der Waals surface area contributed by atoms with E-state index in [4.69, 9.17) is 27.1 Å². The van der Waals surface area contributed by atoms with Crippen molar-refractivity contribution >= 4 is 100 Å². The van der Waals surface area contributed by atoms with E-state index in [0.29, 0.717) is 23.3 Å². The first kappa shape index (κ1) is 80.6. The fourth-order valence-corrected chi connectivity index (χ4v) is 10.3. The highest BCUT2D eigenvalue weighted by atomic mass is 32.2. The number of nitrogens with two attached hydrogens (primary N) is 3. The Morgan fingerprint density at radius 2 is 1.20 bits per heavy atom. The van der Waals surface area contributed by atoms with Crippen LogP contribution in [0.3, 0.4) is 0 Å². The van der Waals surface area contributed by atoms with Gasteiger partial charge in [-0.15, -0.1) is 0 Å². The number of benzene rings is 2. The lowest BCUT2D eigenvalue weighted by Gasteiger charge is -2.30. The molecule has 2 aliphatic rings. The molecule has 36 heteroatoms. The van der Waals surface area contributed by atoms with Gasteiger partial charge in [0, 0.05) is 25.8 Å². The maximum absolute atomic E-state index is 14.6. The Bertz CT molecular complexity index is 3080. The number of phenolic OH excluding ortho intramolecular Hbond substituents is 1. The number of carboxylic acid groups (broad SMARTS) is 2. The van der Waals surface area contributed by atoms with E-state index in [0.717, 1.165) is 4.90 Å². The minimum absolute atomic E-state index is 0.0174. The number of nitrogens with zero attached hydrogens (tertiary/aromatic N) is 1. The molecule has 32 nitrogen and oxygen atoms in total. The highest BCUT2D eigenvalue weighted by Crippen LogP contribution is 2.21. The van der Waals surface area contributed by atoms with Crippen molar-refractivity contribution in [1.29, 1.82) is 0 Å². The molecule has 0 spiro atoms. The van der Waals surface area contributed by atoms with Crippen LogP contribution in [0.15, 0.2) is 54.6 Å². The van der Waals surface area contributed by atoms with Crippen LogP contribution in [0.2, 0.25) is 0 Å². The minimum Gasteiger partial charge on any atom is -0.508 e. The predicted octanol–water partition coefficient (Wildman–Crippen LogP) is -3.14. The standard InChI is InChI=1S/C58H84N14O16S.C2HF3O2/c1-31(2)25-39(54(84)66-36(49(61)79)21-24-89-4)65-47(76)30-62-51(81)40(27-34-15-17-35(73)18-16-34)68-55(85)41(26-33-11-6-5-7-12-33)69-53(83)37(13-8-9-22-59)67-56(86)42(28-45(60)74)70-57(87)44-14-10-23-72(44)58(88)43(29-48(77)78)71-50(80)32(3)63-52(82)38-19-20-46(75)64-38;3-2(4,5)1(6)7/h5-7,11-12,15-18,31-32,36-44,73H,8-10,13-14,19-30,59H2,1-4H3,(H2,60,74)(H2,61,79)(H,62,81)(H,63,82)(H,64,75)(H,65,76)(H,66,84)(H,67,86)(H,68,85)(H,69,83)(H,70,87)(H,71,80)(H,77,78);(H,6,7)/t32-,36-,37-,38-,39-,40-,41-,42-,43-,44-;/m0./s1. The smallest absolute Gasteiger partial charge is 0.490 e. The van der Waals surface area contributed by atoms with E-state index in [1.807, 2.05) is 20.1 Å². The maximum Gasteiger partial charge on any atom is 0.490 e. The molecule has 2 saturated heterocycles. The number of aromatic hydroxyl groups is 1. The number of halogens is 3. The molecule has 2 heterocycles. The molecule has 2 aromatic rings. The van der Waals surface area contributed by atoms with Crippen LogP contribution in [0.4, 0.5) is 13.2 Å². The largest absolute Gasteiger partial charge is 0.508 e. The van der Waals surface area contributed by atoms with Gasteiger partial charge in [-0.25, -0.2) is 4.79 Å². The molecule has 96 heavy (non-hydrogen) atoms. The van der Waals surface area contributed by atoms with Gasteiger partial charge in [-0.3, -0.25) is 67.1 Å². The molecular formula is C60H85F3N14O18S. The van der Waals surface area contributed by atoms with E-state index in [-0.39, 0.29) is 94.9 Å². The Balaban J connectivity index is 0.00000324. The molecule has 19 N–H and O–H groups in total. The number of rotatable bonds is 37. The van der Waals surface area contributed by atoms with Crippen molar-refractivity contribution in [2.75, 3.05) is 31.6 Å². The van der Waals surface area contributed by atoms with E-state index < -0.39 is 169 Å². The van der Waals surface area contributed by atoms with Gasteiger partial charge in [0.1, 0.15) is 66.2 Å². The molecule has 0 bridgehead atoms. The number of carbonyl (C=O) groups excluding carboxylic acids is 13. The van der Waals surface area contributed by atoms with Crippen LogP contribution < -0.4 is 70.4 Å². The maximum atomic E-state index is 14.6. The minimum atomic E-state index is -5.08. The Labute approximate surface area is 554 Å². The zero-order valence-electron chi connectivity index (χ0n) is 53.3. The molecule has 13 amide bonds. The topological polar surface area (TPSA) is 518 Å². The first-order chi connectivity index (χ1) is 45.1. The summed E-state index contributed by atoms with van der Waals surface area (Å²) in [5.41, 5.74) is 17.9. The summed E-state index contributed by atoms with van der Waals surface area (Å²) in [6.45, 7) is 4.28. The second kappa shape index (κ2) is 39.9. The number of thioether (sulfide) groups is 1. The Hall–Kier alpha value is -9.61. The van der Waals surface area contributed by atoms with Crippen LogP contribution in [0, 0.1) is 5.92 Å². The van der Waals surface area contributed by atoms with Crippen molar-refractivity contribution in [3.63, 3.8) is 0 Å². The van der Waals surface area contributed by atoms with Gasteiger partial charge in [0.15, 0.2) is 0 Å². The SMILES string of the molecule is CSCC[C@H](NC(=O)[C@H](CC(C)C)NC(=O)CNC(=O)[C@H](Cc1ccc(O)cc1)NC(=O)[C@H](Cc1ccccc1)NC(=O)[C@H](CCCCN)NC(=O)[C@H](CC(N)=O)NC(=O)[C@@H]1CCCN1C(=O)[C@H](CC(=O)O)NC(=O)[C@H](C)NC(=O)[C@@H]1CCC(=O)N1)C(N)=O.O=C(O)C(F)(F)F. The lowest BCUT2D eigenvalue weighted by Crippen LogP contribution is -2.60. The van der Waals surface area contributed by atoms with Crippen LogP contribution in [-0.2, 0) is 84.8 Å². The van der Waals surface area contributed by atoms with Gasteiger partial charge in [0.05, 0.1) is 19.4 Å². The first-order valence-electron chi connectivity index (χ1n) is 30.5. The average Bonchev–Trinajstić information content (AvgIpc) is 1.65. The van der Waals surface area contributed by atoms with E-state index in [1.165, 1.54) is 43.0 Å². The molecular weight excluding hydrogens is 1290 g/mol. The van der Waals surface area contributed by atoms with E-state index in [1.54, 1.807) is 30.3 Å². The average molecular weight is 1380 g/mol. The molecule has 0 aromatic heterocycles. The fourth-order valence-electron chi connectivity index (χ4n) is 9.79. The van der Waals surface area contributed by atoms with Gasteiger partial charge >= 0.3 is 18.1 Å². The summed E-state index contributed by atoms with van der Waals surface area (Å²) in [5, 5.41) is 52.1. The Morgan fingerprint density at radius 3 is 1.74 bits per heavy atom. The summed E-state index contributed by atoms with van der Waals surface area (Å²) in [4.78, 5) is 197. The lowest BCUT2D eigenvalue weighted by atomic mass is 10.0. The summed E-state index contributed by atoms with van der Waals surface area (Å²) in [5.74, 6) is -15.0. The second-order valence-corrected chi connectivity index (χ2v) is 24.0. The normalized spacial score (nSPS) is 16.7. The van der Waals surface area contributed by atoms with Crippen molar-refractivity contribution in [2.24, 2.45) is 23.1 Å². The van der Waals surface area contributed by atoms with E-state index >= 15 is 0 Å². The quantitative estimate of drug-likeness (QED) is 0.0297. The number of hydrogen-bond donors (Lipinski definition) is 16. The third kappa shape index (κ3) is 28.5. The predicted molar refractivity (Wildman–Crippen MR) is 336 cm³/mol. The van der Waals surface area contributed by atoms with Crippen LogP contribution >= 0.6 is 11.8 Å². The number of primary amides is 2. The molecule has 0 unspecified atom stereocenters. The number of alkyl halides is 3. The number of amides is 13. The number of unbranched alkanes of at least 4 members (excludes halogenated alkanes) is 1. The van der Waals surface area contributed by atoms with Crippen molar-refractivity contribution in [1.82, 2.24) is 58.1 Å².